The molecule has 0 radical (unpaired) electrons. The average molecular weight is 396 g/mol. The fraction of sp³-hybridized carbons (Fsp3) is 0.500. The summed E-state index contributed by atoms with van der Waals surface area (Å²) in [5.74, 6) is -0.290. The number of nitrogens with zero attached hydrogens (tertiary/aromatic N) is 2. The number of piperidine rings is 1. The number of rotatable bonds is 5. The summed E-state index contributed by atoms with van der Waals surface area (Å²) in [6.07, 6.45) is 9.80. The van der Waals surface area contributed by atoms with Crippen molar-refractivity contribution in [2.24, 2.45) is 0 Å². The van der Waals surface area contributed by atoms with Crippen LogP contribution in [-0.2, 0) is 0 Å². The molecule has 7 nitrogen and oxygen atoms in total. The topological polar surface area (TPSA) is 88.0 Å². The molecule has 1 saturated heterocycles. The first kappa shape index (κ1) is 19.6. The Morgan fingerprint density at radius 1 is 0.966 bits per heavy atom. The second kappa shape index (κ2) is 9.22. The van der Waals surface area contributed by atoms with Crippen LogP contribution in [0.3, 0.4) is 0 Å². The van der Waals surface area contributed by atoms with Crippen LogP contribution < -0.4 is 16.0 Å². The molecule has 1 saturated carbocycles. The van der Waals surface area contributed by atoms with E-state index in [0.717, 1.165) is 38.8 Å². The van der Waals surface area contributed by atoms with Crippen molar-refractivity contribution in [1.82, 2.24) is 20.4 Å². The lowest BCUT2D eigenvalue weighted by molar-refractivity contribution is 0.0927. The number of hydrogen-bond acceptors (Lipinski definition) is 4. The number of nitrogens with one attached hydrogen (secondary N) is 3. The lowest BCUT2D eigenvalue weighted by atomic mass is 9.95. The van der Waals surface area contributed by atoms with Gasteiger partial charge in [0, 0.05) is 30.0 Å². The summed E-state index contributed by atoms with van der Waals surface area (Å²) < 4.78 is 1.87. The smallest absolute Gasteiger partial charge is 0.276 e. The van der Waals surface area contributed by atoms with Crippen molar-refractivity contribution in [3.05, 3.63) is 47.8 Å². The van der Waals surface area contributed by atoms with Gasteiger partial charge in [0.15, 0.2) is 5.69 Å². The molecule has 154 valence electrons. The van der Waals surface area contributed by atoms with Gasteiger partial charge in [-0.05, 0) is 62.6 Å². The van der Waals surface area contributed by atoms with E-state index >= 15 is 0 Å². The van der Waals surface area contributed by atoms with Gasteiger partial charge in [-0.15, -0.1) is 0 Å². The molecule has 0 spiro atoms. The molecular formula is C22H29N5O2. The van der Waals surface area contributed by atoms with Crippen LogP contribution in [0, 0.1) is 0 Å². The Balaban J connectivity index is 1.32. The number of hydrogen-bond donors (Lipinski definition) is 3. The highest BCUT2D eigenvalue weighted by Crippen LogP contribution is 2.19. The summed E-state index contributed by atoms with van der Waals surface area (Å²) in [6, 6.07) is 9.35. The van der Waals surface area contributed by atoms with Crippen molar-refractivity contribution >= 4 is 17.5 Å². The maximum atomic E-state index is 12.5. The molecule has 4 rings (SSSR count). The lowest BCUT2D eigenvalue weighted by Gasteiger charge is -2.22. The van der Waals surface area contributed by atoms with Gasteiger partial charge in [-0.3, -0.25) is 14.3 Å². The summed E-state index contributed by atoms with van der Waals surface area (Å²) in [6.45, 7) is 1.92. The molecule has 29 heavy (non-hydrogen) atoms. The minimum absolute atomic E-state index is 0.0467. The maximum Gasteiger partial charge on any atom is 0.276 e. The standard InChI is InChI=1S/C22H29N5O2/c28-21(24-17-5-2-1-3-6-17)16-8-10-18(11-9-16)25-22(29)20-12-14-27(26-20)19-7-4-13-23-15-19/h8-12,14,17,19,23H,1-7,13,15H2,(H,24,28)(H,25,29). The fourth-order valence-corrected chi connectivity index (χ4v) is 4.14. The van der Waals surface area contributed by atoms with Crippen molar-refractivity contribution in [2.45, 2.75) is 57.0 Å². The van der Waals surface area contributed by atoms with Crippen LogP contribution in [0.25, 0.3) is 0 Å². The zero-order valence-corrected chi connectivity index (χ0v) is 16.7. The Kier molecular flexibility index (Phi) is 6.24. The van der Waals surface area contributed by atoms with E-state index < -0.39 is 0 Å². The van der Waals surface area contributed by atoms with Gasteiger partial charge in [0.25, 0.3) is 11.8 Å². The van der Waals surface area contributed by atoms with Crippen molar-refractivity contribution in [3.8, 4) is 0 Å². The molecule has 1 aliphatic heterocycles. The van der Waals surface area contributed by atoms with E-state index in [4.69, 9.17) is 0 Å². The Labute approximate surface area is 171 Å². The van der Waals surface area contributed by atoms with Crippen LogP contribution in [0.1, 0.15) is 71.8 Å². The fourth-order valence-electron chi connectivity index (χ4n) is 4.14. The van der Waals surface area contributed by atoms with Gasteiger partial charge in [0.05, 0.1) is 6.04 Å². The highest BCUT2D eigenvalue weighted by molar-refractivity contribution is 6.03. The van der Waals surface area contributed by atoms with E-state index in [1.165, 1.54) is 19.3 Å². The van der Waals surface area contributed by atoms with Gasteiger partial charge in [0.1, 0.15) is 0 Å². The molecule has 1 aromatic carbocycles. The molecule has 2 fully saturated rings. The molecule has 1 aromatic heterocycles. The average Bonchev–Trinajstić information content (AvgIpc) is 3.26. The first-order chi connectivity index (χ1) is 14.2. The van der Waals surface area contributed by atoms with Gasteiger partial charge in [-0.25, -0.2) is 0 Å². The molecular weight excluding hydrogens is 366 g/mol. The van der Waals surface area contributed by atoms with Gasteiger partial charge in [-0.1, -0.05) is 19.3 Å². The lowest BCUT2D eigenvalue weighted by Crippen LogP contribution is -2.36. The number of amides is 2. The van der Waals surface area contributed by atoms with E-state index in [0.29, 0.717) is 23.0 Å². The Hall–Kier alpha value is -2.67. The van der Waals surface area contributed by atoms with Crippen molar-refractivity contribution < 1.29 is 9.59 Å². The summed E-state index contributed by atoms with van der Waals surface area (Å²) in [5.41, 5.74) is 1.66. The predicted octanol–water partition coefficient (Wildman–Crippen LogP) is 3.12. The van der Waals surface area contributed by atoms with Gasteiger partial charge in [0.2, 0.25) is 0 Å². The molecule has 7 heteroatoms. The highest BCUT2D eigenvalue weighted by Gasteiger charge is 2.19. The summed E-state index contributed by atoms with van der Waals surface area (Å²) in [4.78, 5) is 24.9. The first-order valence-corrected chi connectivity index (χ1v) is 10.7. The molecule has 2 aliphatic rings. The highest BCUT2D eigenvalue weighted by atomic mass is 16.2. The Bertz CT molecular complexity index is 833. The number of anilines is 1. The predicted molar refractivity (Wildman–Crippen MR) is 112 cm³/mol. The maximum absolute atomic E-state index is 12.5. The van der Waals surface area contributed by atoms with Crippen LogP contribution in [0.15, 0.2) is 36.5 Å². The first-order valence-electron chi connectivity index (χ1n) is 10.7. The quantitative estimate of drug-likeness (QED) is 0.726. The van der Waals surface area contributed by atoms with Gasteiger partial charge >= 0.3 is 0 Å². The van der Waals surface area contributed by atoms with Crippen LogP contribution >= 0.6 is 0 Å². The zero-order valence-electron chi connectivity index (χ0n) is 16.7. The third-order valence-electron chi connectivity index (χ3n) is 5.83. The molecule has 1 aliphatic carbocycles. The summed E-state index contributed by atoms with van der Waals surface area (Å²) in [7, 11) is 0. The second-order valence-electron chi connectivity index (χ2n) is 8.02. The van der Waals surface area contributed by atoms with Gasteiger partial charge < -0.3 is 16.0 Å². The number of carbonyl (C=O) groups is 2. The third-order valence-corrected chi connectivity index (χ3v) is 5.83. The van der Waals surface area contributed by atoms with Crippen LogP contribution in [0.4, 0.5) is 5.69 Å². The Morgan fingerprint density at radius 2 is 1.76 bits per heavy atom. The molecule has 1 unspecified atom stereocenters. The minimum Gasteiger partial charge on any atom is -0.349 e. The molecule has 0 bridgehead atoms. The third kappa shape index (κ3) is 5.03. The monoisotopic (exact) mass is 395 g/mol. The van der Waals surface area contributed by atoms with Crippen molar-refractivity contribution in [2.75, 3.05) is 18.4 Å². The van der Waals surface area contributed by atoms with Crippen LogP contribution in [0.2, 0.25) is 0 Å². The largest absolute Gasteiger partial charge is 0.349 e. The van der Waals surface area contributed by atoms with Gasteiger partial charge in [-0.2, -0.15) is 5.10 Å². The normalized spacial score (nSPS) is 20.2. The molecule has 2 amide bonds. The molecule has 2 heterocycles. The van der Waals surface area contributed by atoms with E-state index in [1.54, 1.807) is 30.3 Å². The minimum atomic E-state index is -0.244. The van der Waals surface area contributed by atoms with E-state index in [1.807, 2.05) is 10.9 Å². The molecule has 3 N–H and O–H groups in total. The van der Waals surface area contributed by atoms with E-state index in [-0.39, 0.29) is 17.9 Å². The molecule has 2 aromatic rings. The summed E-state index contributed by atoms with van der Waals surface area (Å²) >= 11 is 0. The molecule has 1 atom stereocenters. The number of benzene rings is 1. The van der Waals surface area contributed by atoms with Crippen LogP contribution in [0.5, 0.6) is 0 Å². The number of aromatic nitrogens is 2. The van der Waals surface area contributed by atoms with Crippen molar-refractivity contribution in [1.29, 1.82) is 0 Å². The Morgan fingerprint density at radius 3 is 2.48 bits per heavy atom. The van der Waals surface area contributed by atoms with Crippen LogP contribution in [-0.4, -0.2) is 40.7 Å². The second-order valence-corrected chi connectivity index (χ2v) is 8.02. The van der Waals surface area contributed by atoms with Crippen molar-refractivity contribution in [3.63, 3.8) is 0 Å². The van der Waals surface area contributed by atoms with E-state index in [9.17, 15) is 9.59 Å². The van der Waals surface area contributed by atoms with E-state index in [2.05, 4.69) is 21.0 Å². The number of carbonyl (C=O) groups excluding carboxylic acids is 2. The zero-order chi connectivity index (χ0) is 20.1. The SMILES string of the molecule is O=C(NC1CCCCC1)c1ccc(NC(=O)c2ccn(C3CCCNC3)n2)cc1. The summed E-state index contributed by atoms with van der Waals surface area (Å²) in [5, 5.41) is 13.8.